The summed E-state index contributed by atoms with van der Waals surface area (Å²) in [6.07, 6.45) is -4.63. The van der Waals surface area contributed by atoms with Crippen LogP contribution in [0.15, 0.2) is 52.5 Å². The Bertz CT molecular complexity index is 1080. The molecule has 0 radical (unpaired) electrons. The first-order valence-corrected chi connectivity index (χ1v) is 9.81. The Hall–Kier alpha value is -2.95. The van der Waals surface area contributed by atoms with Crippen molar-refractivity contribution in [3.63, 3.8) is 0 Å². The lowest BCUT2D eigenvalue weighted by Gasteiger charge is -2.19. The number of nitrogens with zero attached hydrogens (tertiary/aromatic N) is 1. The standard InChI is InChI=1S/C18H15F4N3O3S/c1-10-6-16(26)23-24-17(10)11-2-4-14(5-3-11)25-29(27,28)15-8-12(18(20,21)22)7-13(19)9-15/h2-5,7-10,25H,6H2,1H3,(H,23,26)/t10-/m1/s1. The van der Waals surface area contributed by atoms with Crippen molar-refractivity contribution >= 4 is 27.3 Å². The molecule has 0 unspecified atom stereocenters. The predicted molar refractivity (Wildman–Crippen MR) is 97.1 cm³/mol. The minimum absolute atomic E-state index is 0.0691. The molecule has 0 saturated heterocycles. The van der Waals surface area contributed by atoms with Crippen LogP contribution in [0.1, 0.15) is 24.5 Å². The van der Waals surface area contributed by atoms with Crippen molar-refractivity contribution in [1.29, 1.82) is 0 Å². The zero-order valence-electron chi connectivity index (χ0n) is 14.9. The van der Waals surface area contributed by atoms with Crippen LogP contribution in [0.2, 0.25) is 0 Å². The van der Waals surface area contributed by atoms with Gasteiger partial charge in [0.25, 0.3) is 10.0 Å². The Morgan fingerprint density at radius 3 is 2.38 bits per heavy atom. The smallest absolute Gasteiger partial charge is 0.280 e. The molecule has 29 heavy (non-hydrogen) atoms. The normalized spacial score (nSPS) is 17.5. The lowest BCUT2D eigenvalue weighted by molar-refractivity contribution is -0.138. The predicted octanol–water partition coefficient (Wildman–Crippen LogP) is 3.51. The molecule has 1 aliphatic rings. The molecule has 0 aliphatic carbocycles. The molecular weight excluding hydrogens is 414 g/mol. The molecular formula is C18H15F4N3O3S. The van der Waals surface area contributed by atoms with Gasteiger partial charge in [0.1, 0.15) is 5.82 Å². The number of halogens is 4. The lowest BCUT2D eigenvalue weighted by atomic mass is 9.94. The molecule has 11 heteroatoms. The summed E-state index contributed by atoms with van der Waals surface area (Å²) in [5.41, 5.74) is 2.29. The van der Waals surface area contributed by atoms with E-state index in [1.165, 1.54) is 12.1 Å². The maximum atomic E-state index is 13.5. The summed E-state index contributed by atoms with van der Waals surface area (Å²) in [4.78, 5) is 10.5. The Morgan fingerprint density at radius 1 is 1.14 bits per heavy atom. The fourth-order valence-electron chi connectivity index (χ4n) is 2.81. The summed E-state index contributed by atoms with van der Waals surface area (Å²) in [6.45, 7) is 1.82. The average Bonchev–Trinajstić information content (AvgIpc) is 2.61. The second-order valence-corrected chi connectivity index (χ2v) is 8.18. The van der Waals surface area contributed by atoms with Crippen molar-refractivity contribution in [2.24, 2.45) is 11.0 Å². The maximum absolute atomic E-state index is 13.5. The molecule has 0 spiro atoms. The van der Waals surface area contributed by atoms with Crippen LogP contribution >= 0.6 is 0 Å². The van der Waals surface area contributed by atoms with Crippen molar-refractivity contribution in [2.75, 3.05) is 4.72 Å². The van der Waals surface area contributed by atoms with E-state index in [4.69, 9.17) is 0 Å². The van der Waals surface area contributed by atoms with Gasteiger partial charge in [0.05, 0.1) is 16.2 Å². The van der Waals surface area contributed by atoms with Gasteiger partial charge in [-0.15, -0.1) is 0 Å². The van der Waals surface area contributed by atoms with Gasteiger partial charge in [-0.1, -0.05) is 19.1 Å². The molecule has 0 fully saturated rings. The van der Waals surface area contributed by atoms with Gasteiger partial charge < -0.3 is 0 Å². The SMILES string of the molecule is C[C@@H]1CC(=O)NN=C1c1ccc(NS(=O)(=O)c2cc(F)cc(C(F)(F)F)c2)cc1. The summed E-state index contributed by atoms with van der Waals surface area (Å²) in [5, 5.41) is 3.99. The molecule has 1 atom stereocenters. The number of carbonyl (C=O) groups is 1. The molecule has 1 aliphatic heterocycles. The second-order valence-electron chi connectivity index (χ2n) is 6.49. The summed E-state index contributed by atoms with van der Waals surface area (Å²) in [7, 11) is -4.45. The first-order valence-electron chi connectivity index (χ1n) is 8.33. The Morgan fingerprint density at radius 2 is 1.79 bits per heavy atom. The molecule has 2 aromatic carbocycles. The van der Waals surface area contributed by atoms with Crippen molar-refractivity contribution in [2.45, 2.75) is 24.4 Å². The van der Waals surface area contributed by atoms with Gasteiger partial charge in [-0.2, -0.15) is 18.3 Å². The van der Waals surface area contributed by atoms with Crippen molar-refractivity contribution < 1.29 is 30.8 Å². The van der Waals surface area contributed by atoms with E-state index in [1.54, 1.807) is 12.1 Å². The summed E-state index contributed by atoms with van der Waals surface area (Å²) >= 11 is 0. The van der Waals surface area contributed by atoms with Crippen LogP contribution in [0.25, 0.3) is 0 Å². The van der Waals surface area contributed by atoms with Crippen molar-refractivity contribution in [1.82, 2.24) is 5.43 Å². The molecule has 0 aromatic heterocycles. The number of amides is 1. The van der Waals surface area contributed by atoms with Gasteiger partial charge in [0.2, 0.25) is 5.91 Å². The Balaban J connectivity index is 1.85. The third-order valence-electron chi connectivity index (χ3n) is 4.20. The number of sulfonamides is 1. The number of nitrogens with one attached hydrogen (secondary N) is 2. The van der Waals surface area contributed by atoms with Crippen LogP contribution in [0, 0.1) is 11.7 Å². The topological polar surface area (TPSA) is 87.6 Å². The first kappa shape index (κ1) is 20.8. The minimum atomic E-state index is -4.89. The van der Waals surface area contributed by atoms with Crippen LogP contribution in [0.3, 0.4) is 0 Å². The van der Waals surface area contributed by atoms with Gasteiger partial charge in [-0.3, -0.25) is 9.52 Å². The number of hydrogen-bond donors (Lipinski definition) is 2. The van der Waals surface area contributed by atoms with Gasteiger partial charge in [-0.05, 0) is 35.9 Å². The summed E-state index contributed by atoms with van der Waals surface area (Å²) in [6, 6.07) is 6.98. The quantitative estimate of drug-likeness (QED) is 0.730. The number of benzene rings is 2. The van der Waals surface area contributed by atoms with Crippen LogP contribution in [-0.2, 0) is 21.0 Å². The Labute approximate surface area is 163 Å². The van der Waals surface area contributed by atoms with Crippen molar-refractivity contribution in [3.05, 3.63) is 59.4 Å². The van der Waals surface area contributed by atoms with Crippen molar-refractivity contribution in [3.8, 4) is 0 Å². The average molecular weight is 429 g/mol. The van der Waals surface area contributed by atoms with Crippen LogP contribution in [0.4, 0.5) is 23.2 Å². The molecule has 0 bridgehead atoms. The molecule has 6 nitrogen and oxygen atoms in total. The number of hydrazone groups is 1. The van der Waals surface area contributed by atoms with E-state index in [0.29, 0.717) is 23.4 Å². The minimum Gasteiger partial charge on any atom is -0.280 e. The van der Waals surface area contributed by atoms with Crippen LogP contribution in [-0.4, -0.2) is 20.0 Å². The van der Waals surface area contributed by atoms with E-state index in [9.17, 15) is 30.8 Å². The number of alkyl halides is 3. The highest BCUT2D eigenvalue weighted by Crippen LogP contribution is 2.32. The zero-order valence-corrected chi connectivity index (χ0v) is 15.7. The zero-order chi connectivity index (χ0) is 21.4. The monoisotopic (exact) mass is 429 g/mol. The number of hydrogen-bond acceptors (Lipinski definition) is 4. The highest BCUT2D eigenvalue weighted by molar-refractivity contribution is 7.92. The van der Waals surface area contributed by atoms with Crippen LogP contribution < -0.4 is 10.1 Å². The van der Waals surface area contributed by atoms with E-state index in [0.717, 1.165) is 0 Å². The van der Waals surface area contributed by atoms with Crippen LogP contribution in [0.5, 0.6) is 0 Å². The highest BCUT2D eigenvalue weighted by Gasteiger charge is 2.33. The third kappa shape index (κ3) is 4.73. The van der Waals surface area contributed by atoms with Gasteiger partial charge in [0.15, 0.2) is 0 Å². The molecule has 3 rings (SSSR count). The molecule has 2 N–H and O–H groups in total. The Kier molecular flexibility index (Phi) is 5.35. The number of carbonyl (C=O) groups excluding carboxylic acids is 1. The fraction of sp³-hybridized carbons (Fsp3) is 0.222. The fourth-order valence-corrected chi connectivity index (χ4v) is 3.92. The van der Waals surface area contributed by atoms with Gasteiger partial charge in [-0.25, -0.2) is 18.2 Å². The van der Waals surface area contributed by atoms with E-state index in [-0.39, 0.29) is 30.0 Å². The maximum Gasteiger partial charge on any atom is 0.416 e. The highest BCUT2D eigenvalue weighted by atomic mass is 32.2. The molecule has 0 saturated carbocycles. The van der Waals surface area contributed by atoms with E-state index >= 15 is 0 Å². The first-order chi connectivity index (χ1) is 13.5. The third-order valence-corrected chi connectivity index (χ3v) is 5.56. The number of rotatable bonds is 4. The van der Waals surface area contributed by atoms with E-state index in [1.807, 2.05) is 6.92 Å². The molecule has 1 amide bonds. The summed E-state index contributed by atoms with van der Waals surface area (Å²) in [5.74, 6) is -1.67. The molecule has 1 heterocycles. The largest absolute Gasteiger partial charge is 0.416 e. The van der Waals surface area contributed by atoms with Gasteiger partial charge >= 0.3 is 6.18 Å². The number of anilines is 1. The summed E-state index contributed by atoms with van der Waals surface area (Å²) < 4.78 is 78.9. The second kappa shape index (κ2) is 7.47. The molecule has 154 valence electrons. The van der Waals surface area contributed by atoms with E-state index in [2.05, 4.69) is 15.2 Å². The van der Waals surface area contributed by atoms with Gasteiger partial charge in [0, 0.05) is 18.0 Å². The lowest BCUT2D eigenvalue weighted by Crippen LogP contribution is -2.31. The van der Waals surface area contributed by atoms with E-state index < -0.39 is 32.5 Å². The molecule has 2 aromatic rings.